The fourth-order valence-corrected chi connectivity index (χ4v) is 4.42. The van der Waals surface area contributed by atoms with Gasteiger partial charge >= 0.3 is 0 Å². The van der Waals surface area contributed by atoms with Crippen molar-refractivity contribution in [2.75, 3.05) is 37.7 Å². The van der Waals surface area contributed by atoms with Gasteiger partial charge in [0.05, 0.1) is 30.4 Å². The quantitative estimate of drug-likeness (QED) is 0.374. The summed E-state index contributed by atoms with van der Waals surface area (Å²) < 4.78 is 5.51. The van der Waals surface area contributed by atoms with E-state index in [1.54, 1.807) is 34.6 Å². The summed E-state index contributed by atoms with van der Waals surface area (Å²) in [4.78, 5) is 16.0. The third kappa shape index (κ3) is 6.87. The number of nitrogens with one attached hydrogen (secondary N) is 2. The number of aliphatic hydroxyl groups is 2. The largest absolute Gasteiger partial charge is 0.387 e. The van der Waals surface area contributed by atoms with E-state index in [9.17, 15) is 4.79 Å². The maximum atomic E-state index is 12.0. The fourth-order valence-electron chi connectivity index (χ4n) is 4.42. The number of amides is 1. The number of ether oxygens (including phenoxy) is 1. The van der Waals surface area contributed by atoms with E-state index >= 15 is 0 Å². The molecule has 1 atom stereocenters. The zero-order valence-electron chi connectivity index (χ0n) is 22.8. The molecular weight excluding hydrogens is 456 g/mol. The van der Waals surface area contributed by atoms with Gasteiger partial charge in [-0.2, -0.15) is 0 Å². The van der Waals surface area contributed by atoms with Crippen LogP contribution in [0.2, 0.25) is 0 Å². The maximum Gasteiger partial charge on any atom is 0.219 e. The second-order valence-electron chi connectivity index (χ2n) is 11.2. The number of nitrogens with zero attached hydrogens (tertiary/aromatic N) is 2. The molecule has 3 aliphatic heterocycles. The average molecular weight is 501 g/mol. The minimum absolute atomic E-state index is 0.0724. The molecule has 0 bridgehead atoms. The van der Waals surface area contributed by atoms with Crippen molar-refractivity contribution >= 4 is 17.4 Å². The lowest BCUT2D eigenvalue weighted by Gasteiger charge is -2.37. The van der Waals surface area contributed by atoms with E-state index in [4.69, 9.17) is 20.4 Å². The molecule has 0 unspecified atom stereocenters. The molecule has 1 fully saturated rings. The topological polar surface area (TPSA) is 109 Å². The molecule has 3 aliphatic rings. The predicted molar refractivity (Wildman–Crippen MR) is 143 cm³/mol. The van der Waals surface area contributed by atoms with Crippen LogP contribution in [0.5, 0.6) is 0 Å². The number of fused-ring (bicyclic) bond motifs is 1. The van der Waals surface area contributed by atoms with Crippen LogP contribution in [0.4, 0.5) is 5.69 Å². The van der Waals surface area contributed by atoms with Gasteiger partial charge in [0.1, 0.15) is 5.84 Å². The Morgan fingerprint density at radius 3 is 2.42 bits per heavy atom. The van der Waals surface area contributed by atoms with Crippen molar-refractivity contribution in [2.45, 2.75) is 84.5 Å². The van der Waals surface area contributed by atoms with Crippen molar-refractivity contribution in [3.63, 3.8) is 0 Å². The van der Waals surface area contributed by atoms with Gasteiger partial charge < -0.3 is 30.1 Å². The Bertz CT molecular complexity index is 972. The van der Waals surface area contributed by atoms with Gasteiger partial charge in [-0.3, -0.25) is 10.2 Å². The Morgan fingerprint density at radius 1 is 1.14 bits per heavy atom. The number of rotatable bonds is 4. The summed E-state index contributed by atoms with van der Waals surface area (Å²) in [6.45, 7) is 13.6. The minimum Gasteiger partial charge on any atom is -0.387 e. The normalized spacial score (nSPS) is 20.5. The monoisotopic (exact) mass is 500 g/mol. The van der Waals surface area contributed by atoms with E-state index in [0.717, 1.165) is 55.8 Å². The summed E-state index contributed by atoms with van der Waals surface area (Å²) in [6.07, 6.45) is 3.86. The van der Waals surface area contributed by atoms with Crippen LogP contribution in [0.25, 0.3) is 0 Å². The van der Waals surface area contributed by atoms with Gasteiger partial charge in [0.2, 0.25) is 5.91 Å². The van der Waals surface area contributed by atoms with Crippen LogP contribution in [0, 0.1) is 12.3 Å². The third-order valence-electron chi connectivity index (χ3n) is 7.50. The lowest BCUT2D eigenvalue weighted by Crippen LogP contribution is -2.46. The van der Waals surface area contributed by atoms with Gasteiger partial charge in [0, 0.05) is 50.0 Å². The zero-order valence-corrected chi connectivity index (χ0v) is 22.8. The number of anilines is 1. The van der Waals surface area contributed by atoms with Crippen molar-refractivity contribution < 1.29 is 19.7 Å². The second-order valence-corrected chi connectivity index (χ2v) is 11.2. The number of carbonyl (C=O) groups is 1. The van der Waals surface area contributed by atoms with Gasteiger partial charge in [-0.25, -0.2) is 0 Å². The molecule has 200 valence electrons. The Kier molecular flexibility index (Phi) is 8.85. The van der Waals surface area contributed by atoms with Crippen LogP contribution in [-0.2, 0) is 16.0 Å². The molecule has 4 rings (SSSR count). The predicted octanol–water partition coefficient (Wildman–Crippen LogP) is 3.14. The molecule has 0 spiro atoms. The number of aryl methyl sites for hydroxylation is 2. The molecule has 1 saturated heterocycles. The van der Waals surface area contributed by atoms with Crippen molar-refractivity contribution in [3.05, 3.63) is 40.6 Å². The first kappa shape index (κ1) is 28.2. The SMILES string of the molecule is CC(=O)N1CCC(N[C@H]2CCOC2)=C(C(=N)N2CCCc3cc(C)ccc32)C1.CC(C)(O)C(C)(C)O. The maximum absolute atomic E-state index is 12.0. The van der Waals surface area contributed by atoms with E-state index in [-0.39, 0.29) is 5.91 Å². The number of amidine groups is 1. The Hall–Kier alpha value is -2.42. The Morgan fingerprint density at radius 2 is 1.83 bits per heavy atom. The lowest BCUT2D eigenvalue weighted by atomic mass is 9.90. The van der Waals surface area contributed by atoms with Crippen LogP contribution in [0.3, 0.4) is 0 Å². The molecule has 0 aromatic heterocycles. The highest BCUT2D eigenvalue weighted by molar-refractivity contribution is 6.09. The standard InChI is InChI=1S/C22H30N4O2.C6H14O2/c1-15-5-6-21-17(12-15)4-3-9-26(21)22(23)19-13-25(16(2)27)10-7-20(19)24-18-8-11-28-14-18;1-5(2,7)6(3,4)8/h5-6,12,18,23-24H,3-4,7-11,13-14H2,1-2H3;7-8H,1-4H3/t18-;/m0./s1. The van der Waals surface area contributed by atoms with Crippen LogP contribution < -0.4 is 10.2 Å². The van der Waals surface area contributed by atoms with Gasteiger partial charge in [0.25, 0.3) is 0 Å². The molecule has 0 saturated carbocycles. The molecule has 0 aliphatic carbocycles. The van der Waals surface area contributed by atoms with E-state index in [1.165, 1.54) is 11.1 Å². The van der Waals surface area contributed by atoms with Crippen molar-refractivity contribution in [1.29, 1.82) is 5.41 Å². The van der Waals surface area contributed by atoms with Crippen LogP contribution >= 0.6 is 0 Å². The number of hydrogen-bond acceptors (Lipinski definition) is 6. The molecule has 8 nitrogen and oxygen atoms in total. The summed E-state index contributed by atoms with van der Waals surface area (Å²) in [5.74, 6) is 0.598. The Balaban J connectivity index is 0.000000392. The van der Waals surface area contributed by atoms with E-state index < -0.39 is 11.2 Å². The first-order valence-corrected chi connectivity index (χ1v) is 13.0. The minimum atomic E-state index is -1.01. The van der Waals surface area contributed by atoms with Crippen molar-refractivity contribution in [2.24, 2.45) is 0 Å². The highest BCUT2D eigenvalue weighted by Crippen LogP contribution is 2.31. The molecule has 3 heterocycles. The molecule has 4 N–H and O–H groups in total. The first-order valence-electron chi connectivity index (χ1n) is 13.0. The summed E-state index contributed by atoms with van der Waals surface area (Å²) >= 11 is 0. The third-order valence-corrected chi connectivity index (χ3v) is 7.50. The molecule has 36 heavy (non-hydrogen) atoms. The highest BCUT2D eigenvalue weighted by Gasteiger charge is 2.32. The number of hydrogen-bond donors (Lipinski definition) is 4. The molecule has 1 amide bonds. The molecule has 1 aromatic carbocycles. The van der Waals surface area contributed by atoms with Gasteiger partial charge in [-0.1, -0.05) is 17.7 Å². The lowest BCUT2D eigenvalue weighted by molar-refractivity contribution is -0.128. The molecule has 0 radical (unpaired) electrons. The van der Waals surface area contributed by atoms with E-state index in [1.807, 2.05) is 4.90 Å². The summed E-state index contributed by atoms with van der Waals surface area (Å²) in [7, 11) is 0. The number of benzene rings is 1. The second kappa shape index (κ2) is 11.3. The summed E-state index contributed by atoms with van der Waals surface area (Å²) in [6, 6.07) is 6.80. The van der Waals surface area contributed by atoms with Crippen LogP contribution in [0.15, 0.2) is 29.5 Å². The number of carbonyl (C=O) groups excluding carboxylic acids is 1. The Labute approximate surface area is 215 Å². The van der Waals surface area contributed by atoms with Crippen molar-refractivity contribution in [1.82, 2.24) is 10.2 Å². The van der Waals surface area contributed by atoms with Crippen LogP contribution in [-0.4, -0.2) is 76.9 Å². The van der Waals surface area contributed by atoms with Gasteiger partial charge in [-0.05, 0) is 65.5 Å². The van der Waals surface area contributed by atoms with Gasteiger partial charge in [-0.15, -0.1) is 0 Å². The summed E-state index contributed by atoms with van der Waals surface area (Å²) in [5, 5.41) is 30.9. The summed E-state index contributed by atoms with van der Waals surface area (Å²) in [5.41, 5.74) is 3.75. The fraction of sp³-hybridized carbons (Fsp3) is 0.643. The molecule has 8 heteroatoms. The van der Waals surface area contributed by atoms with E-state index in [2.05, 4.69) is 35.3 Å². The first-order chi connectivity index (χ1) is 16.8. The average Bonchev–Trinajstić information content (AvgIpc) is 3.30. The van der Waals surface area contributed by atoms with Crippen molar-refractivity contribution in [3.8, 4) is 0 Å². The highest BCUT2D eigenvalue weighted by atomic mass is 16.5. The van der Waals surface area contributed by atoms with Gasteiger partial charge in [0.15, 0.2) is 0 Å². The zero-order chi connectivity index (χ0) is 26.7. The smallest absolute Gasteiger partial charge is 0.219 e. The molecular formula is C28H44N4O4. The van der Waals surface area contributed by atoms with E-state index in [0.29, 0.717) is 31.6 Å². The molecule has 1 aromatic rings. The van der Waals surface area contributed by atoms with Crippen LogP contribution in [0.1, 0.15) is 65.0 Å².